The fourth-order valence-corrected chi connectivity index (χ4v) is 1.52. The number of aliphatic hydroxyl groups is 1. The molecule has 0 fully saturated rings. The summed E-state index contributed by atoms with van der Waals surface area (Å²) < 4.78 is 0. The summed E-state index contributed by atoms with van der Waals surface area (Å²) in [6.07, 6.45) is 0.605. The summed E-state index contributed by atoms with van der Waals surface area (Å²) in [6, 6.07) is 6.72. The van der Waals surface area contributed by atoms with Crippen LogP contribution in [0.2, 0.25) is 0 Å². The van der Waals surface area contributed by atoms with Gasteiger partial charge in [0, 0.05) is 11.1 Å². The average Bonchev–Trinajstić information content (AvgIpc) is 2.36. The van der Waals surface area contributed by atoms with Crippen molar-refractivity contribution in [3.05, 3.63) is 41.7 Å². The van der Waals surface area contributed by atoms with Crippen molar-refractivity contribution in [2.45, 2.75) is 6.42 Å². The highest BCUT2D eigenvalue weighted by Crippen LogP contribution is 2.24. The lowest BCUT2D eigenvalue weighted by Crippen LogP contribution is -2.10. The lowest BCUT2D eigenvalue weighted by molar-refractivity contribution is -0.115. The van der Waals surface area contributed by atoms with Crippen molar-refractivity contribution in [2.24, 2.45) is 0 Å². The van der Waals surface area contributed by atoms with Gasteiger partial charge in [-0.05, 0) is 12.1 Å². The number of carbonyl (C=O) groups is 2. The van der Waals surface area contributed by atoms with Gasteiger partial charge in [-0.1, -0.05) is 12.1 Å². The van der Waals surface area contributed by atoms with Gasteiger partial charge in [0.15, 0.2) is 5.78 Å². The second-order valence-electron chi connectivity index (χ2n) is 3.25. The summed E-state index contributed by atoms with van der Waals surface area (Å²) in [5.74, 6) is -0.611. The van der Waals surface area contributed by atoms with Crippen molar-refractivity contribution >= 4 is 17.4 Å². The summed E-state index contributed by atoms with van der Waals surface area (Å²) in [5.41, 5.74) is 1.01. The molecule has 1 aromatic rings. The van der Waals surface area contributed by atoms with Gasteiger partial charge in [-0.15, -0.1) is 0 Å². The van der Waals surface area contributed by atoms with Gasteiger partial charge in [0.1, 0.15) is 0 Å². The predicted octanol–water partition coefficient (Wildman–Crippen LogP) is 1.65. The van der Waals surface area contributed by atoms with E-state index in [9.17, 15) is 9.59 Å². The average molecular weight is 203 g/mol. The molecule has 76 valence electrons. The first-order valence-corrected chi connectivity index (χ1v) is 4.49. The van der Waals surface area contributed by atoms with Crippen LogP contribution in [0.5, 0.6) is 0 Å². The van der Waals surface area contributed by atoms with E-state index in [1.165, 1.54) is 0 Å². The standard InChI is InChI=1S/C11H9NO3/c13-6-7-5-10(14)12-9-4-2-1-3-8(9)11(7)15/h1-4,6,13H,5H2,(H,12,14). The molecule has 0 unspecified atom stereocenters. The first kappa shape index (κ1) is 9.45. The van der Waals surface area contributed by atoms with Crippen LogP contribution < -0.4 is 5.32 Å². The fraction of sp³-hybridized carbons (Fsp3) is 0.0909. The van der Waals surface area contributed by atoms with Gasteiger partial charge in [-0.3, -0.25) is 9.59 Å². The molecule has 15 heavy (non-hydrogen) atoms. The number of ketones is 1. The number of nitrogens with one attached hydrogen (secondary N) is 1. The number of benzene rings is 1. The molecular weight excluding hydrogens is 194 g/mol. The van der Waals surface area contributed by atoms with Crippen LogP contribution in [0.15, 0.2) is 36.1 Å². The van der Waals surface area contributed by atoms with E-state index >= 15 is 0 Å². The number of para-hydroxylation sites is 1. The minimum absolute atomic E-state index is 0.0932. The molecule has 0 radical (unpaired) electrons. The number of Topliss-reactive ketones (excluding diaryl/α,β-unsaturated/α-hetero) is 1. The van der Waals surface area contributed by atoms with Gasteiger partial charge in [0.05, 0.1) is 18.4 Å². The number of carbonyl (C=O) groups excluding carboxylic acids is 2. The number of rotatable bonds is 0. The van der Waals surface area contributed by atoms with E-state index in [1.807, 2.05) is 0 Å². The van der Waals surface area contributed by atoms with Gasteiger partial charge in [-0.2, -0.15) is 0 Å². The summed E-state index contributed by atoms with van der Waals surface area (Å²) in [7, 11) is 0. The normalized spacial score (nSPS) is 18.3. The maximum absolute atomic E-state index is 11.8. The van der Waals surface area contributed by atoms with E-state index in [4.69, 9.17) is 5.11 Å². The molecule has 2 rings (SSSR count). The number of anilines is 1. The zero-order valence-corrected chi connectivity index (χ0v) is 7.86. The molecule has 4 heteroatoms. The Morgan fingerprint density at radius 1 is 1.27 bits per heavy atom. The highest BCUT2D eigenvalue weighted by molar-refractivity contribution is 6.18. The van der Waals surface area contributed by atoms with Gasteiger partial charge in [0.25, 0.3) is 0 Å². The molecule has 4 nitrogen and oxygen atoms in total. The Hall–Kier alpha value is -2.10. The third-order valence-corrected chi connectivity index (χ3v) is 2.24. The van der Waals surface area contributed by atoms with Gasteiger partial charge >= 0.3 is 0 Å². The van der Waals surface area contributed by atoms with Crippen molar-refractivity contribution in [1.82, 2.24) is 0 Å². The number of hydrogen-bond donors (Lipinski definition) is 2. The Morgan fingerprint density at radius 2 is 2.00 bits per heavy atom. The van der Waals surface area contributed by atoms with E-state index in [-0.39, 0.29) is 23.7 Å². The Labute approximate surface area is 86.2 Å². The molecule has 0 atom stereocenters. The lowest BCUT2D eigenvalue weighted by atomic mass is 10.0. The molecule has 2 N–H and O–H groups in total. The van der Waals surface area contributed by atoms with Crippen LogP contribution in [0.4, 0.5) is 5.69 Å². The molecule has 1 aromatic carbocycles. The van der Waals surface area contributed by atoms with Crippen LogP contribution in [0, 0.1) is 0 Å². The maximum atomic E-state index is 11.8. The minimum Gasteiger partial charge on any atom is -0.515 e. The SMILES string of the molecule is O=C1CC(=CO)C(=O)c2ccccc2N1. The molecular formula is C11H9NO3. The molecule has 0 aliphatic carbocycles. The number of amides is 1. The van der Waals surface area contributed by atoms with Gasteiger partial charge in [-0.25, -0.2) is 0 Å². The molecule has 1 heterocycles. The quantitative estimate of drug-likeness (QED) is 0.497. The van der Waals surface area contributed by atoms with E-state index in [1.54, 1.807) is 24.3 Å². The highest BCUT2D eigenvalue weighted by Gasteiger charge is 2.23. The van der Waals surface area contributed by atoms with Crippen LogP contribution in [0.1, 0.15) is 16.8 Å². The Balaban J connectivity index is 2.57. The minimum atomic E-state index is -0.313. The van der Waals surface area contributed by atoms with E-state index in [0.717, 1.165) is 0 Å². The summed E-state index contributed by atoms with van der Waals surface area (Å²) in [6.45, 7) is 0. The second-order valence-corrected chi connectivity index (χ2v) is 3.25. The van der Waals surface area contributed by atoms with Crippen LogP contribution in [-0.4, -0.2) is 16.8 Å². The van der Waals surface area contributed by atoms with Crippen LogP contribution in [-0.2, 0) is 4.79 Å². The highest BCUT2D eigenvalue weighted by atomic mass is 16.2. The summed E-state index contributed by atoms with van der Waals surface area (Å²) in [5, 5.41) is 11.5. The Kier molecular flexibility index (Phi) is 2.25. The predicted molar refractivity (Wildman–Crippen MR) is 54.7 cm³/mol. The molecule has 0 bridgehead atoms. The van der Waals surface area contributed by atoms with Gasteiger partial charge in [0.2, 0.25) is 5.91 Å². The van der Waals surface area contributed by atoms with E-state index in [0.29, 0.717) is 17.5 Å². The molecule has 0 spiro atoms. The van der Waals surface area contributed by atoms with Gasteiger partial charge < -0.3 is 10.4 Å². The molecule has 1 aliphatic heterocycles. The molecule has 0 aromatic heterocycles. The van der Waals surface area contributed by atoms with Crippen LogP contribution in [0.25, 0.3) is 0 Å². The first-order valence-electron chi connectivity index (χ1n) is 4.49. The zero-order chi connectivity index (χ0) is 10.8. The van der Waals surface area contributed by atoms with E-state index < -0.39 is 0 Å². The summed E-state index contributed by atoms with van der Waals surface area (Å²) in [4.78, 5) is 23.1. The Morgan fingerprint density at radius 3 is 2.73 bits per heavy atom. The summed E-state index contributed by atoms with van der Waals surface area (Å²) >= 11 is 0. The number of aliphatic hydroxyl groups excluding tert-OH is 1. The lowest BCUT2D eigenvalue weighted by Gasteiger charge is -2.03. The van der Waals surface area contributed by atoms with Crippen LogP contribution in [0.3, 0.4) is 0 Å². The second kappa shape index (κ2) is 3.57. The monoisotopic (exact) mass is 203 g/mol. The van der Waals surface area contributed by atoms with E-state index in [2.05, 4.69) is 5.32 Å². The number of fused-ring (bicyclic) bond motifs is 1. The van der Waals surface area contributed by atoms with Crippen molar-refractivity contribution in [3.8, 4) is 0 Å². The third kappa shape index (κ3) is 1.61. The zero-order valence-electron chi connectivity index (χ0n) is 7.86. The first-order chi connectivity index (χ1) is 7.22. The Bertz CT molecular complexity index is 463. The topological polar surface area (TPSA) is 66.4 Å². The third-order valence-electron chi connectivity index (χ3n) is 2.24. The smallest absolute Gasteiger partial charge is 0.229 e. The van der Waals surface area contributed by atoms with Crippen LogP contribution >= 0.6 is 0 Å². The van der Waals surface area contributed by atoms with Crippen molar-refractivity contribution < 1.29 is 14.7 Å². The molecule has 0 saturated heterocycles. The van der Waals surface area contributed by atoms with Crippen molar-refractivity contribution in [3.63, 3.8) is 0 Å². The largest absolute Gasteiger partial charge is 0.515 e. The molecule has 1 amide bonds. The molecule has 1 aliphatic rings. The van der Waals surface area contributed by atoms with Crippen molar-refractivity contribution in [2.75, 3.05) is 5.32 Å². The fourth-order valence-electron chi connectivity index (χ4n) is 1.52. The number of hydrogen-bond acceptors (Lipinski definition) is 3. The molecule has 0 saturated carbocycles. The van der Waals surface area contributed by atoms with Crippen molar-refractivity contribution in [1.29, 1.82) is 0 Å². The maximum Gasteiger partial charge on any atom is 0.229 e.